The minimum Gasteiger partial charge on any atom is -0.496 e. The van der Waals surface area contributed by atoms with Gasteiger partial charge in [-0.25, -0.2) is 4.98 Å². The monoisotopic (exact) mass is 548 g/mol. The van der Waals surface area contributed by atoms with Crippen LogP contribution in [0.1, 0.15) is 22.8 Å². The number of hydrogen-bond acceptors (Lipinski definition) is 5. The van der Waals surface area contributed by atoms with E-state index in [0.29, 0.717) is 42.0 Å². The van der Waals surface area contributed by atoms with Gasteiger partial charge in [0, 0.05) is 53.6 Å². The Kier molecular flexibility index (Phi) is 6.45. The zero-order valence-corrected chi connectivity index (χ0v) is 20.4. The maximum absolute atomic E-state index is 13.1. The van der Waals surface area contributed by atoms with Gasteiger partial charge in [0.05, 0.1) is 18.1 Å². The number of carbonyl (C=O) groups excluding carboxylic acids is 2. The highest BCUT2D eigenvalue weighted by molar-refractivity contribution is 9.11. The van der Waals surface area contributed by atoms with Crippen molar-refractivity contribution in [3.63, 3.8) is 0 Å². The van der Waals surface area contributed by atoms with E-state index in [9.17, 15) is 9.59 Å². The molecule has 0 bridgehead atoms. The first-order chi connectivity index (χ1) is 14.9. The number of aromatic nitrogens is 2. The molecule has 4 rings (SSSR count). The molecule has 9 heteroatoms. The van der Waals surface area contributed by atoms with E-state index >= 15 is 0 Å². The molecule has 1 N–H and O–H groups in total. The maximum Gasteiger partial charge on any atom is 0.295 e. The molecule has 1 aliphatic rings. The number of fused-ring (bicyclic) bond motifs is 1. The van der Waals surface area contributed by atoms with Crippen LogP contribution in [-0.4, -0.2) is 64.2 Å². The van der Waals surface area contributed by atoms with Crippen molar-refractivity contribution in [2.24, 2.45) is 0 Å². The van der Waals surface area contributed by atoms with E-state index in [1.165, 1.54) is 18.9 Å². The number of ether oxygens (including phenoxy) is 1. The van der Waals surface area contributed by atoms with Crippen molar-refractivity contribution in [2.75, 3.05) is 26.7 Å². The van der Waals surface area contributed by atoms with Crippen molar-refractivity contribution in [3.8, 4) is 5.75 Å². The van der Waals surface area contributed by atoms with E-state index in [1.807, 2.05) is 13.0 Å². The lowest BCUT2D eigenvalue weighted by Crippen LogP contribution is -2.55. The molecule has 0 saturated carbocycles. The first-order valence-corrected chi connectivity index (χ1v) is 11.5. The number of halogens is 2. The van der Waals surface area contributed by atoms with Crippen LogP contribution in [0.3, 0.4) is 0 Å². The number of ketones is 1. The molecule has 1 atom stereocenters. The van der Waals surface area contributed by atoms with Gasteiger partial charge in [-0.1, -0.05) is 31.9 Å². The summed E-state index contributed by atoms with van der Waals surface area (Å²) in [6.07, 6.45) is 3.13. The molecule has 1 aliphatic heterocycles. The molecule has 1 saturated heterocycles. The first kappa shape index (κ1) is 22.0. The minimum absolute atomic E-state index is 0.0778. The van der Waals surface area contributed by atoms with Crippen molar-refractivity contribution in [2.45, 2.75) is 19.5 Å². The van der Waals surface area contributed by atoms with Gasteiger partial charge in [-0.3, -0.25) is 14.5 Å². The van der Waals surface area contributed by atoms with Gasteiger partial charge >= 0.3 is 0 Å². The van der Waals surface area contributed by atoms with Crippen molar-refractivity contribution >= 4 is 54.6 Å². The number of Topliss-reactive ketones (excluding diaryl/α,β-unsaturated/α-hetero) is 1. The molecule has 3 heterocycles. The van der Waals surface area contributed by atoms with Gasteiger partial charge in [0.1, 0.15) is 11.4 Å². The number of aromatic amines is 1. The summed E-state index contributed by atoms with van der Waals surface area (Å²) in [5.41, 5.74) is 2.00. The molecule has 31 heavy (non-hydrogen) atoms. The van der Waals surface area contributed by atoms with Crippen LogP contribution in [0.5, 0.6) is 5.75 Å². The third-order valence-corrected chi connectivity index (χ3v) is 6.41. The van der Waals surface area contributed by atoms with Crippen molar-refractivity contribution in [1.29, 1.82) is 0 Å². The normalized spacial score (nSPS) is 17.2. The largest absolute Gasteiger partial charge is 0.496 e. The summed E-state index contributed by atoms with van der Waals surface area (Å²) in [5.74, 6) is -0.529. The van der Waals surface area contributed by atoms with Crippen molar-refractivity contribution in [3.05, 3.63) is 56.7 Å². The molecule has 2 aromatic heterocycles. The first-order valence-electron chi connectivity index (χ1n) is 9.90. The Hall–Kier alpha value is -2.23. The van der Waals surface area contributed by atoms with Crippen LogP contribution in [0.25, 0.3) is 11.0 Å². The Morgan fingerprint density at radius 3 is 2.65 bits per heavy atom. The minimum atomic E-state index is -0.547. The lowest BCUT2D eigenvalue weighted by Gasteiger charge is -2.39. The van der Waals surface area contributed by atoms with E-state index in [2.05, 4.69) is 58.9 Å². The smallest absolute Gasteiger partial charge is 0.295 e. The number of hydrogen-bond donors (Lipinski definition) is 1. The highest BCUT2D eigenvalue weighted by atomic mass is 79.9. The molecule has 0 aliphatic carbocycles. The fourth-order valence-electron chi connectivity index (χ4n) is 4.06. The summed E-state index contributed by atoms with van der Waals surface area (Å²) < 4.78 is 7.40. The van der Waals surface area contributed by atoms with E-state index < -0.39 is 11.7 Å². The van der Waals surface area contributed by atoms with Crippen molar-refractivity contribution in [1.82, 2.24) is 19.8 Å². The van der Waals surface area contributed by atoms with E-state index in [0.717, 1.165) is 15.5 Å². The van der Waals surface area contributed by atoms with Crippen LogP contribution in [0.4, 0.5) is 0 Å². The predicted octanol–water partition coefficient (Wildman–Crippen LogP) is 4.01. The van der Waals surface area contributed by atoms with Crippen molar-refractivity contribution < 1.29 is 14.3 Å². The third-order valence-electron chi connectivity index (χ3n) is 5.50. The molecular formula is C22H22Br2N4O3. The lowest BCUT2D eigenvalue weighted by atomic mass is 10.1. The predicted molar refractivity (Wildman–Crippen MR) is 125 cm³/mol. The molecule has 1 aromatic carbocycles. The summed E-state index contributed by atoms with van der Waals surface area (Å²) in [6.45, 7) is 4.65. The average Bonchev–Trinajstić information content (AvgIpc) is 3.16. The van der Waals surface area contributed by atoms with Crippen LogP contribution in [0, 0.1) is 0 Å². The second kappa shape index (κ2) is 9.10. The van der Waals surface area contributed by atoms with Crippen LogP contribution in [0.15, 0.2) is 45.6 Å². The Balaban J connectivity index is 1.47. The molecular weight excluding hydrogens is 528 g/mol. The summed E-state index contributed by atoms with van der Waals surface area (Å²) in [6, 6.07) is 7.79. The highest BCUT2D eigenvalue weighted by Crippen LogP contribution is 2.28. The molecule has 1 amide bonds. The lowest BCUT2D eigenvalue weighted by molar-refractivity contribution is -0.130. The fourth-order valence-corrected chi connectivity index (χ4v) is 5.45. The van der Waals surface area contributed by atoms with E-state index in [1.54, 1.807) is 17.2 Å². The topological polar surface area (TPSA) is 78.5 Å². The zero-order valence-electron chi connectivity index (χ0n) is 17.2. The van der Waals surface area contributed by atoms with E-state index in [4.69, 9.17) is 4.74 Å². The van der Waals surface area contributed by atoms with Crippen LogP contribution < -0.4 is 4.74 Å². The van der Waals surface area contributed by atoms with Gasteiger partial charge in [-0.05, 0) is 36.8 Å². The molecule has 3 aromatic rings. The average molecular weight is 550 g/mol. The fraction of sp³-hybridized carbons (Fsp3) is 0.318. The number of benzene rings is 1. The third kappa shape index (κ3) is 4.53. The van der Waals surface area contributed by atoms with Gasteiger partial charge in [-0.15, -0.1) is 0 Å². The number of carbonyl (C=O) groups is 2. The molecule has 1 fully saturated rings. The number of nitrogens with zero attached hydrogens (tertiary/aromatic N) is 3. The number of piperazine rings is 1. The Labute approximate surface area is 197 Å². The van der Waals surface area contributed by atoms with Crippen LogP contribution in [0.2, 0.25) is 0 Å². The summed E-state index contributed by atoms with van der Waals surface area (Å²) >= 11 is 7.05. The second-order valence-corrected chi connectivity index (χ2v) is 9.46. The zero-order chi connectivity index (χ0) is 22.1. The molecule has 0 unspecified atom stereocenters. The standard InChI is InChI=1S/C22H22Br2N4O3/c1-13-11-27(12-14-7-15(23)9-16(24)8-14)5-6-28(13)22(30)20(29)17-10-26-21-19(17)18(31-2)3-4-25-21/h3-4,7-10,13H,5-6,11-12H2,1-2H3,(H,25,26)/t13-/m1/s1. The Bertz CT molecular complexity index is 1130. The highest BCUT2D eigenvalue weighted by Gasteiger charge is 2.33. The van der Waals surface area contributed by atoms with Gasteiger partial charge in [0.2, 0.25) is 0 Å². The number of methoxy groups -OCH3 is 1. The van der Waals surface area contributed by atoms with E-state index in [-0.39, 0.29) is 6.04 Å². The number of amides is 1. The molecule has 0 radical (unpaired) electrons. The van der Waals surface area contributed by atoms with Gasteiger partial charge in [0.25, 0.3) is 11.7 Å². The summed E-state index contributed by atoms with van der Waals surface area (Å²) in [5, 5.41) is 0.537. The number of rotatable bonds is 5. The second-order valence-electron chi connectivity index (χ2n) is 7.63. The Morgan fingerprint density at radius 1 is 1.23 bits per heavy atom. The number of nitrogens with one attached hydrogen (secondary N) is 1. The summed E-state index contributed by atoms with van der Waals surface area (Å²) in [4.78, 5) is 37.3. The SMILES string of the molecule is COc1ccnc2[nH]cc(C(=O)C(=O)N3CCN(Cc4cc(Br)cc(Br)c4)C[C@H]3C)c12. The van der Waals surface area contributed by atoms with Gasteiger partial charge in [0.15, 0.2) is 0 Å². The number of H-pyrrole nitrogens is 1. The van der Waals surface area contributed by atoms with Crippen LogP contribution in [-0.2, 0) is 11.3 Å². The summed E-state index contributed by atoms with van der Waals surface area (Å²) in [7, 11) is 1.53. The van der Waals surface area contributed by atoms with Gasteiger partial charge < -0.3 is 14.6 Å². The number of pyridine rings is 1. The molecule has 7 nitrogen and oxygen atoms in total. The Morgan fingerprint density at radius 2 is 1.97 bits per heavy atom. The van der Waals surface area contributed by atoms with Gasteiger partial charge in [-0.2, -0.15) is 0 Å². The molecule has 0 spiro atoms. The molecule has 162 valence electrons. The van der Waals surface area contributed by atoms with Crippen LogP contribution >= 0.6 is 31.9 Å². The quantitative estimate of drug-likeness (QED) is 0.384. The maximum atomic E-state index is 13.1.